The molecular formula is C16H22F2N2O. The molecule has 0 saturated heterocycles. The summed E-state index contributed by atoms with van der Waals surface area (Å²) < 4.78 is 27.7. The van der Waals surface area contributed by atoms with E-state index in [4.69, 9.17) is 5.73 Å². The van der Waals surface area contributed by atoms with Crippen LogP contribution in [-0.2, 0) is 4.79 Å². The predicted molar refractivity (Wildman–Crippen MR) is 77.4 cm³/mol. The van der Waals surface area contributed by atoms with Crippen molar-refractivity contribution in [2.75, 3.05) is 13.6 Å². The number of nitrogens with two attached hydrogens (primary N) is 1. The molecule has 1 unspecified atom stereocenters. The summed E-state index contributed by atoms with van der Waals surface area (Å²) in [4.78, 5) is 14.0. The van der Waals surface area contributed by atoms with Gasteiger partial charge in [0.15, 0.2) is 0 Å². The Labute approximate surface area is 124 Å². The van der Waals surface area contributed by atoms with Crippen molar-refractivity contribution < 1.29 is 13.6 Å². The maximum absolute atomic E-state index is 13.8. The van der Waals surface area contributed by atoms with Crippen molar-refractivity contribution in [3.63, 3.8) is 0 Å². The summed E-state index contributed by atoms with van der Waals surface area (Å²) in [6.07, 6.45) is 2.73. The number of hydrogen-bond donors (Lipinski definition) is 1. The normalized spacial score (nSPS) is 23.1. The highest BCUT2D eigenvalue weighted by molar-refractivity contribution is 5.79. The van der Waals surface area contributed by atoms with Crippen molar-refractivity contribution in [3.8, 4) is 0 Å². The number of carbonyl (C=O) groups is 1. The van der Waals surface area contributed by atoms with Crippen LogP contribution >= 0.6 is 0 Å². The second-order valence-corrected chi connectivity index (χ2v) is 5.79. The predicted octanol–water partition coefficient (Wildman–Crippen LogP) is 2.86. The van der Waals surface area contributed by atoms with E-state index in [2.05, 4.69) is 0 Å². The fraction of sp³-hybridized carbons (Fsp3) is 0.562. The molecule has 1 saturated carbocycles. The Balaban J connectivity index is 2.19. The Hall–Kier alpha value is -1.49. The maximum Gasteiger partial charge on any atom is 0.226 e. The Morgan fingerprint density at radius 2 is 2.00 bits per heavy atom. The van der Waals surface area contributed by atoms with Crippen LogP contribution in [0.3, 0.4) is 0 Å². The molecular weight excluding hydrogens is 274 g/mol. The fourth-order valence-electron chi connectivity index (χ4n) is 3.20. The molecule has 2 N–H and O–H groups in total. The molecule has 3 atom stereocenters. The number of carbonyl (C=O) groups excluding carboxylic acids is 1. The number of rotatable bonds is 4. The van der Waals surface area contributed by atoms with Crippen LogP contribution in [0.25, 0.3) is 0 Å². The Morgan fingerprint density at radius 1 is 1.38 bits per heavy atom. The van der Waals surface area contributed by atoms with Gasteiger partial charge in [0.1, 0.15) is 11.6 Å². The molecule has 0 aliphatic heterocycles. The molecule has 5 heteroatoms. The molecule has 2 rings (SSSR count). The largest absolute Gasteiger partial charge is 0.339 e. The van der Waals surface area contributed by atoms with E-state index in [-0.39, 0.29) is 23.3 Å². The summed E-state index contributed by atoms with van der Waals surface area (Å²) in [5.41, 5.74) is 5.65. The van der Waals surface area contributed by atoms with E-state index in [9.17, 15) is 13.6 Å². The molecule has 1 aromatic rings. The van der Waals surface area contributed by atoms with Crippen molar-refractivity contribution >= 4 is 5.91 Å². The lowest BCUT2D eigenvalue weighted by atomic mass is 9.93. The molecule has 0 spiro atoms. The zero-order valence-electron chi connectivity index (χ0n) is 12.5. The zero-order chi connectivity index (χ0) is 15.6. The molecule has 116 valence electrons. The summed E-state index contributed by atoms with van der Waals surface area (Å²) in [6.45, 7) is 2.12. The molecule has 1 aromatic carbocycles. The van der Waals surface area contributed by atoms with Crippen LogP contribution in [0.15, 0.2) is 18.2 Å². The van der Waals surface area contributed by atoms with E-state index >= 15 is 0 Å². The lowest BCUT2D eigenvalue weighted by Gasteiger charge is -2.30. The van der Waals surface area contributed by atoms with E-state index in [0.29, 0.717) is 6.54 Å². The molecule has 0 aromatic heterocycles. The first-order valence-corrected chi connectivity index (χ1v) is 7.38. The number of nitrogens with zero attached hydrogens (tertiary/aromatic N) is 1. The smallest absolute Gasteiger partial charge is 0.226 e. The third kappa shape index (κ3) is 3.07. The van der Waals surface area contributed by atoms with Gasteiger partial charge in [-0.05, 0) is 44.4 Å². The van der Waals surface area contributed by atoms with Gasteiger partial charge in [-0.15, -0.1) is 0 Å². The summed E-state index contributed by atoms with van der Waals surface area (Å²) in [7, 11) is 1.60. The topological polar surface area (TPSA) is 46.3 Å². The molecule has 1 aliphatic carbocycles. The maximum atomic E-state index is 13.8. The molecule has 3 nitrogen and oxygen atoms in total. The average molecular weight is 296 g/mol. The monoisotopic (exact) mass is 296 g/mol. The number of hydrogen-bond acceptors (Lipinski definition) is 2. The summed E-state index contributed by atoms with van der Waals surface area (Å²) in [6, 6.07) is 3.11. The van der Waals surface area contributed by atoms with Crippen LogP contribution in [0, 0.1) is 23.5 Å². The molecule has 0 bridgehead atoms. The van der Waals surface area contributed by atoms with E-state index in [1.165, 1.54) is 23.1 Å². The number of amides is 1. The lowest BCUT2D eigenvalue weighted by molar-refractivity contribution is -0.137. The van der Waals surface area contributed by atoms with E-state index < -0.39 is 17.7 Å². The molecule has 21 heavy (non-hydrogen) atoms. The Bertz CT molecular complexity index is 501. The van der Waals surface area contributed by atoms with Crippen LogP contribution in [0.2, 0.25) is 0 Å². The SMILES string of the molecule is CC(c1c(F)cccc1F)N(C)C(=O)[C@@H]1CCC[C@@H]1CN. The average Bonchev–Trinajstić information content (AvgIpc) is 2.93. The van der Waals surface area contributed by atoms with Crippen molar-refractivity contribution in [2.24, 2.45) is 17.6 Å². The van der Waals surface area contributed by atoms with E-state index in [0.717, 1.165) is 19.3 Å². The molecule has 0 heterocycles. The minimum absolute atomic E-state index is 0.0596. The lowest BCUT2D eigenvalue weighted by Crippen LogP contribution is -2.38. The molecule has 0 radical (unpaired) electrons. The highest BCUT2D eigenvalue weighted by Gasteiger charge is 2.35. The van der Waals surface area contributed by atoms with E-state index in [1.807, 2.05) is 0 Å². The fourth-order valence-corrected chi connectivity index (χ4v) is 3.20. The first-order chi connectivity index (χ1) is 9.97. The molecule has 1 aliphatic rings. The van der Waals surface area contributed by atoms with Gasteiger partial charge in [0.2, 0.25) is 5.91 Å². The van der Waals surface area contributed by atoms with Gasteiger partial charge in [-0.1, -0.05) is 12.5 Å². The third-order valence-corrected chi connectivity index (χ3v) is 4.63. The van der Waals surface area contributed by atoms with E-state index in [1.54, 1.807) is 14.0 Å². The van der Waals surface area contributed by atoms with Crippen molar-refractivity contribution in [1.29, 1.82) is 0 Å². The highest BCUT2D eigenvalue weighted by atomic mass is 19.1. The Morgan fingerprint density at radius 3 is 2.57 bits per heavy atom. The van der Waals surface area contributed by atoms with Crippen molar-refractivity contribution in [2.45, 2.75) is 32.2 Å². The van der Waals surface area contributed by atoms with Gasteiger partial charge in [0, 0.05) is 18.5 Å². The summed E-state index contributed by atoms with van der Waals surface area (Å²) >= 11 is 0. The van der Waals surface area contributed by atoms with Gasteiger partial charge in [0.25, 0.3) is 0 Å². The standard InChI is InChI=1S/C16H22F2N2O/c1-10(15-13(17)7-4-8-14(15)18)20(2)16(21)12-6-3-5-11(12)9-19/h4,7-8,10-12H,3,5-6,9,19H2,1-2H3/t10?,11-,12-/m1/s1. The quantitative estimate of drug-likeness (QED) is 0.928. The first-order valence-electron chi connectivity index (χ1n) is 7.38. The van der Waals surface area contributed by atoms with Gasteiger partial charge in [-0.3, -0.25) is 4.79 Å². The second kappa shape index (κ2) is 6.52. The first kappa shape index (κ1) is 15.9. The van der Waals surface area contributed by atoms with Crippen LogP contribution < -0.4 is 5.73 Å². The van der Waals surface area contributed by atoms with Gasteiger partial charge < -0.3 is 10.6 Å². The van der Waals surface area contributed by atoms with Gasteiger partial charge >= 0.3 is 0 Å². The van der Waals surface area contributed by atoms with Crippen molar-refractivity contribution in [1.82, 2.24) is 4.90 Å². The van der Waals surface area contributed by atoms with Crippen molar-refractivity contribution in [3.05, 3.63) is 35.4 Å². The highest BCUT2D eigenvalue weighted by Crippen LogP contribution is 2.34. The molecule has 1 fully saturated rings. The van der Waals surface area contributed by atoms with Crippen LogP contribution in [0.1, 0.15) is 37.8 Å². The number of halogens is 2. The van der Waals surface area contributed by atoms with Gasteiger partial charge in [-0.2, -0.15) is 0 Å². The second-order valence-electron chi connectivity index (χ2n) is 5.79. The summed E-state index contributed by atoms with van der Waals surface area (Å²) in [5.74, 6) is -1.26. The van der Waals surface area contributed by atoms with Gasteiger partial charge in [0.05, 0.1) is 6.04 Å². The summed E-state index contributed by atoms with van der Waals surface area (Å²) in [5, 5.41) is 0. The zero-order valence-corrected chi connectivity index (χ0v) is 12.5. The third-order valence-electron chi connectivity index (χ3n) is 4.63. The van der Waals surface area contributed by atoms with Crippen LogP contribution in [0.4, 0.5) is 8.78 Å². The van der Waals surface area contributed by atoms with Crippen LogP contribution in [-0.4, -0.2) is 24.4 Å². The van der Waals surface area contributed by atoms with Crippen LogP contribution in [0.5, 0.6) is 0 Å². The minimum Gasteiger partial charge on any atom is -0.339 e. The Kier molecular flexibility index (Phi) is 4.93. The number of benzene rings is 1. The minimum atomic E-state index is -0.641. The molecule has 1 amide bonds. The van der Waals surface area contributed by atoms with Gasteiger partial charge in [-0.25, -0.2) is 8.78 Å².